The average Bonchev–Trinajstić information content (AvgIpc) is 3.56. The van der Waals surface area contributed by atoms with Gasteiger partial charge in [0.2, 0.25) is 0 Å². The topological polar surface area (TPSA) is 44.2 Å². The van der Waals surface area contributed by atoms with Crippen molar-refractivity contribution >= 4 is 0 Å². The summed E-state index contributed by atoms with van der Waals surface area (Å²) < 4.78 is 11.6. The fraction of sp³-hybridized carbons (Fsp3) is 0.583. The first kappa shape index (κ1) is 20.6. The minimum absolute atomic E-state index is 0.714. The molecule has 28 heavy (non-hydrogen) atoms. The lowest BCUT2D eigenvalue weighted by atomic mass is 10.1. The molecule has 1 aliphatic carbocycles. The van der Waals surface area contributed by atoms with Gasteiger partial charge in [0, 0.05) is 5.56 Å². The third kappa shape index (κ3) is 7.49. The van der Waals surface area contributed by atoms with E-state index in [4.69, 9.17) is 9.47 Å². The minimum Gasteiger partial charge on any atom is -0.494 e. The van der Waals surface area contributed by atoms with Crippen molar-refractivity contribution in [3.05, 3.63) is 36.7 Å². The van der Waals surface area contributed by atoms with Gasteiger partial charge in [0.15, 0.2) is 11.6 Å². The molecule has 4 heteroatoms. The summed E-state index contributed by atoms with van der Waals surface area (Å²) >= 11 is 0. The highest BCUT2D eigenvalue weighted by atomic mass is 16.5. The van der Waals surface area contributed by atoms with E-state index in [2.05, 4.69) is 16.9 Å². The van der Waals surface area contributed by atoms with Crippen LogP contribution in [-0.4, -0.2) is 23.2 Å². The van der Waals surface area contributed by atoms with Crippen molar-refractivity contribution in [1.29, 1.82) is 0 Å². The molecule has 0 spiro atoms. The van der Waals surface area contributed by atoms with Crippen molar-refractivity contribution in [2.75, 3.05) is 13.2 Å². The normalized spacial score (nSPS) is 13.5. The Morgan fingerprint density at radius 1 is 0.786 bits per heavy atom. The Hall–Kier alpha value is -2.10. The molecule has 0 radical (unpaired) electrons. The Morgan fingerprint density at radius 3 is 2.07 bits per heavy atom. The minimum atomic E-state index is 0.714. The fourth-order valence-corrected chi connectivity index (χ4v) is 3.27. The van der Waals surface area contributed by atoms with Gasteiger partial charge in [0.05, 0.1) is 25.6 Å². The van der Waals surface area contributed by atoms with E-state index in [1.165, 1.54) is 51.4 Å². The van der Waals surface area contributed by atoms with Crippen LogP contribution < -0.4 is 9.47 Å². The summed E-state index contributed by atoms with van der Waals surface area (Å²) in [6.45, 7) is 3.75. The van der Waals surface area contributed by atoms with Gasteiger partial charge in [0.25, 0.3) is 0 Å². The standard InChI is InChI=1S/C24H34N2O2/c1-2-3-4-7-16-27-22-14-12-21(13-15-22)24-25-18-23(19-26-24)28-17-8-5-6-9-20-10-11-20/h12-15,18-20H,2-11,16-17H2,1H3. The van der Waals surface area contributed by atoms with Crippen molar-refractivity contribution in [2.24, 2.45) is 5.92 Å². The molecule has 1 aromatic heterocycles. The number of benzene rings is 1. The van der Waals surface area contributed by atoms with Crippen molar-refractivity contribution in [3.8, 4) is 22.9 Å². The van der Waals surface area contributed by atoms with Crippen LogP contribution in [0.3, 0.4) is 0 Å². The summed E-state index contributed by atoms with van der Waals surface area (Å²) in [6, 6.07) is 8.00. The summed E-state index contributed by atoms with van der Waals surface area (Å²) in [6.07, 6.45) is 16.4. The van der Waals surface area contributed by atoms with Gasteiger partial charge in [0.1, 0.15) is 5.75 Å². The molecule has 0 unspecified atom stereocenters. The first-order chi connectivity index (χ1) is 13.8. The SMILES string of the molecule is CCCCCCOc1ccc(-c2ncc(OCCCCCC3CC3)cn2)cc1. The predicted molar refractivity (Wildman–Crippen MR) is 114 cm³/mol. The number of hydrogen-bond acceptors (Lipinski definition) is 4. The Morgan fingerprint density at radius 2 is 1.43 bits per heavy atom. The number of unbranched alkanes of at least 4 members (excludes halogenated alkanes) is 5. The van der Waals surface area contributed by atoms with E-state index in [1.54, 1.807) is 12.4 Å². The number of rotatable bonds is 14. The smallest absolute Gasteiger partial charge is 0.159 e. The van der Waals surface area contributed by atoms with Gasteiger partial charge in [-0.1, -0.05) is 58.3 Å². The second-order valence-electron chi connectivity index (χ2n) is 7.82. The molecule has 2 aromatic rings. The Labute approximate surface area is 169 Å². The van der Waals surface area contributed by atoms with Gasteiger partial charge in [-0.3, -0.25) is 0 Å². The molecule has 4 nitrogen and oxygen atoms in total. The first-order valence-electron chi connectivity index (χ1n) is 11.0. The van der Waals surface area contributed by atoms with Crippen LogP contribution in [0.5, 0.6) is 11.5 Å². The monoisotopic (exact) mass is 382 g/mol. The molecule has 0 amide bonds. The Kier molecular flexibility index (Phi) is 8.60. The molecule has 0 atom stereocenters. The van der Waals surface area contributed by atoms with Crippen molar-refractivity contribution < 1.29 is 9.47 Å². The molecule has 152 valence electrons. The van der Waals surface area contributed by atoms with E-state index in [0.29, 0.717) is 5.82 Å². The fourth-order valence-electron chi connectivity index (χ4n) is 3.27. The molecule has 0 aliphatic heterocycles. The molecule has 1 heterocycles. The largest absolute Gasteiger partial charge is 0.494 e. The second kappa shape index (κ2) is 11.7. The van der Waals surface area contributed by atoms with Crippen LogP contribution in [0.1, 0.15) is 71.1 Å². The number of ether oxygens (including phenoxy) is 2. The van der Waals surface area contributed by atoms with Crippen LogP contribution >= 0.6 is 0 Å². The van der Waals surface area contributed by atoms with E-state index in [0.717, 1.165) is 49.0 Å². The van der Waals surface area contributed by atoms with Gasteiger partial charge in [-0.05, 0) is 43.0 Å². The molecule has 1 fully saturated rings. The lowest BCUT2D eigenvalue weighted by Crippen LogP contribution is -1.99. The second-order valence-corrected chi connectivity index (χ2v) is 7.82. The van der Waals surface area contributed by atoms with Crippen LogP contribution in [0.25, 0.3) is 11.4 Å². The highest BCUT2D eigenvalue weighted by Crippen LogP contribution is 2.34. The Balaban J connectivity index is 1.36. The number of nitrogens with zero attached hydrogens (tertiary/aromatic N) is 2. The highest BCUT2D eigenvalue weighted by Gasteiger charge is 2.19. The zero-order valence-corrected chi connectivity index (χ0v) is 17.2. The number of aromatic nitrogens is 2. The number of hydrogen-bond donors (Lipinski definition) is 0. The van der Waals surface area contributed by atoms with Gasteiger partial charge in [-0.2, -0.15) is 0 Å². The van der Waals surface area contributed by atoms with Gasteiger partial charge < -0.3 is 9.47 Å². The molecule has 0 saturated heterocycles. The van der Waals surface area contributed by atoms with Crippen molar-refractivity contribution in [1.82, 2.24) is 9.97 Å². The van der Waals surface area contributed by atoms with Crippen LogP contribution in [0.4, 0.5) is 0 Å². The van der Waals surface area contributed by atoms with Crippen LogP contribution in [0.2, 0.25) is 0 Å². The average molecular weight is 383 g/mol. The summed E-state index contributed by atoms with van der Waals surface area (Å²) in [5.74, 6) is 3.40. The highest BCUT2D eigenvalue weighted by molar-refractivity contribution is 5.56. The summed E-state index contributed by atoms with van der Waals surface area (Å²) in [4.78, 5) is 8.89. The Bertz CT molecular complexity index is 666. The third-order valence-corrected chi connectivity index (χ3v) is 5.23. The van der Waals surface area contributed by atoms with Gasteiger partial charge >= 0.3 is 0 Å². The van der Waals surface area contributed by atoms with E-state index >= 15 is 0 Å². The molecule has 0 bridgehead atoms. The molecule has 0 N–H and O–H groups in total. The lowest BCUT2D eigenvalue weighted by molar-refractivity contribution is 0.302. The maximum Gasteiger partial charge on any atom is 0.159 e. The van der Waals surface area contributed by atoms with Crippen LogP contribution in [0, 0.1) is 5.92 Å². The summed E-state index contributed by atoms with van der Waals surface area (Å²) in [5.41, 5.74) is 0.991. The first-order valence-corrected chi connectivity index (χ1v) is 11.0. The zero-order chi connectivity index (χ0) is 19.4. The predicted octanol–water partition coefficient (Wildman–Crippen LogP) is 6.45. The van der Waals surface area contributed by atoms with E-state index in [9.17, 15) is 0 Å². The van der Waals surface area contributed by atoms with Gasteiger partial charge in [-0.15, -0.1) is 0 Å². The maximum absolute atomic E-state index is 5.79. The molecular weight excluding hydrogens is 348 g/mol. The van der Waals surface area contributed by atoms with E-state index in [-0.39, 0.29) is 0 Å². The molecule has 3 rings (SSSR count). The molecule has 1 saturated carbocycles. The van der Waals surface area contributed by atoms with E-state index < -0.39 is 0 Å². The van der Waals surface area contributed by atoms with Crippen molar-refractivity contribution in [3.63, 3.8) is 0 Å². The molecule has 1 aliphatic rings. The maximum atomic E-state index is 5.79. The molecule has 1 aromatic carbocycles. The third-order valence-electron chi connectivity index (χ3n) is 5.23. The molecular formula is C24H34N2O2. The van der Waals surface area contributed by atoms with E-state index in [1.807, 2.05) is 24.3 Å². The lowest BCUT2D eigenvalue weighted by Gasteiger charge is -2.08. The van der Waals surface area contributed by atoms with Crippen LogP contribution in [-0.2, 0) is 0 Å². The van der Waals surface area contributed by atoms with Gasteiger partial charge in [-0.25, -0.2) is 9.97 Å². The van der Waals surface area contributed by atoms with Crippen LogP contribution in [0.15, 0.2) is 36.7 Å². The summed E-state index contributed by atoms with van der Waals surface area (Å²) in [7, 11) is 0. The quantitative estimate of drug-likeness (QED) is 0.352. The van der Waals surface area contributed by atoms with Crippen molar-refractivity contribution in [2.45, 2.75) is 71.1 Å². The zero-order valence-electron chi connectivity index (χ0n) is 17.2. The summed E-state index contributed by atoms with van der Waals surface area (Å²) in [5, 5.41) is 0.